The fourth-order valence-electron chi connectivity index (χ4n) is 3.00. The maximum absolute atomic E-state index is 12.3. The predicted molar refractivity (Wildman–Crippen MR) is 118 cm³/mol. The number of para-hydroxylation sites is 2. The summed E-state index contributed by atoms with van der Waals surface area (Å²) in [5.74, 6) is -0.430. The predicted octanol–water partition coefficient (Wildman–Crippen LogP) is 3.61. The SMILES string of the molecule is CCc1ccccc1NC(=O)CNC(=O)CN(C)[C@@H](C)c1nc2ccccc2s1. The van der Waals surface area contributed by atoms with Crippen LogP contribution in [0.5, 0.6) is 0 Å². The van der Waals surface area contributed by atoms with Crippen molar-refractivity contribution in [1.82, 2.24) is 15.2 Å². The molecule has 0 spiro atoms. The molecule has 0 bridgehead atoms. The van der Waals surface area contributed by atoms with Gasteiger partial charge in [0, 0.05) is 5.69 Å². The molecular weight excluding hydrogens is 384 g/mol. The number of thiazole rings is 1. The summed E-state index contributed by atoms with van der Waals surface area (Å²) in [6.45, 7) is 4.20. The summed E-state index contributed by atoms with van der Waals surface area (Å²) in [5, 5.41) is 6.52. The van der Waals surface area contributed by atoms with E-state index in [2.05, 4.69) is 15.6 Å². The fourth-order valence-corrected chi connectivity index (χ4v) is 4.09. The van der Waals surface area contributed by atoms with Crippen LogP contribution >= 0.6 is 11.3 Å². The van der Waals surface area contributed by atoms with Crippen LogP contribution in [0.2, 0.25) is 0 Å². The summed E-state index contributed by atoms with van der Waals surface area (Å²) >= 11 is 1.64. The summed E-state index contributed by atoms with van der Waals surface area (Å²) in [7, 11) is 1.88. The van der Waals surface area contributed by atoms with Crippen molar-refractivity contribution in [2.24, 2.45) is 0 Å². The number of hydrogen-bond donors (Lipinski definition) is 2. The number of carbonyl (C=O) groups excluding carboxylic acids is 2. The highest BCUT2D eigenvalue weighted by Crippen LogP contribution is 2.28. The lowest BCUT2D eigenvalue weighted by molar-refractivity contribution is -0.125. The quantitative estimate of drug-likeness (QED) is 0.595. The van der Waals surface area contributed by atoms with Crippen molar-refractivity contribution in [1.29, 1.82) is 0 Å². The summed E-state index contributed by atoms with van der Waals surface area (Å²) in [5.41, 5.74) is 2.83. The van der Waals surface area contributed by atoms with Gasteiger partial charge in [0.2, 0.25) is 11.8 Å². The van der Waals surface area contributed by atoms with E-state index in [1.54, 1.807) is 11.3 Å². The van der Waals surface area contributed by atoms with E-state index in [-0.39, 0.29) is 30.9 Å². The number of anilines is 1. The highest BCUT2D eigenvalue weighted by atomic mass is 32.1. The number of nitrogens with one attached hydrogen (secondary N) is 2. The molecule has 0 saturated carbocycles. The number of nitrogens with zero attached hydrogens (tertiary/aromatic N) is 2. The molecule has 3 aromatic rings. The van der Waals surface area contributed by atoms with Crippen molar-refractivity contribution in [2.75, 3.05) is 25.5 Å². The van der Waals surface area contributed by atoms with E-state index in [1.807, 2.05) is 74.3 Å². The maximum Gasteiger partial charge on any atom is 0.243 e. The third kappa shape index (κ3) is 5.40. The highest BCUT2D eigenvalue weighted by molar-refractivity contribution is 7.18. The van der Waals surface area contributed by atoms with E-state index in [0.717, 1.165) is 32.9 Å². The Morgan fingerprint density at radius 3 is 2.59 bits per heavy atom. The molecule has 0 fully saturated rings. The third-order valence-electron chi connectivity index (χ3n) is 4.84. The molecule has 1 atom stereocenters. The number of carbonyl (C=O) groups is 2. The molecule has 1 aromatic heterocycles. The normalized spacial score (nSPS) is 12.1. The zero-order valence-corrected chi connectivity index (χ0v) is 17.8. The number of fused-ring (bicyclic) bond motifs is 1. The van der Waals surface area contributed by atoms with Crippen LogP contribution in [-0.2, 0) is 16.0 Å². The van der Waals surface area contributed by atoms with Crippen molar-refractivity contribution >= 4 is 39.1 Å². The Hall–Kier alpha value is -2.77. The van der Waals surface area contributed by atoms with Crippen LogP contribution in [0.15, 0.2) is 48.5 Å². The molecule has 152 valence electrons. The van der Waals surface area contributed by atoms with Crippen LogP contribution in [-0.4, -0.2) is 41.8 Å². The first kappa shape index (κ1) is 21.0. The standard InChI is InChI=1S/C22H26N4O2S/c1-4-16-9-5-6-10-17(16)24-20(27)13-23-21(28)14-26(3)15(2)22-25-18-11-7-8-12-19(18)29-22/h5-12,15H,4,13-14H2,1-3H3,(H,23,28)(H,24,27)/t15-/m0/s1. The Morgan fingerprint density at radius 2 is 1.83 bits per heavy atom. The Kier molecular flexibility index (Phi) is 6.95. The number of aryl methyl sites for hydroxylation is 1. The Bertz CT molecular complexity index is 968. The molecule has 29 heavy (non-hydrogen) atoms. The number of likely N-dealkylation sites (N-methyl/N-ethyl adjacent to an activating group) is 1. The number of rotatable bonds is 8. The van der Waals surface area contributed by atoms with Crippen molar-refractivity contribution in [3.63, 3.8) is 0 Å². The van der Waals surface area contributed by atoms with Gasteiger partial charge in [0.15, 0.2) is 0 Å². The monoisotopic (exact) mass is 410 g/mol. The van der Waals surface area contributed by atoms with Gasteiger partial charge in [-0.3, -0.25) is 14.5 Å². The van der Waals surface area contributed by atoms with E-state index in [1.165, 1.54) is 0 Å². The smallest absolute Gasteiger partial charge is 0.243 e. The van der Waals surface area contributed by atoms with Gasteiger partial charge >= 0.3 is 0 Å². The molecule has 0 unspecified atom stereocenters. The minimum absolute atomic E-state index is 0.00316. The van der Waals surface area contributed by atoms with Crippen molar-refractivity contribution < 1.29 is 9.59 Å². The van der Waals surface area contributed by atoms with Crippen LogP contribution in [0.25, 0.3) is 10.2 Å². The van der Waals surface area contributed by atoms with Gasteiger partial charge in [0.05, 0.1) is 29.3 Å². The lowest BCUT2D eigenvalue weighted by Gasteiger charge is -2.22. The van der Waals surface area contributed by atoms with Gasteiger partial charge < -0.3 is 10.6 Å². The lowest BCUT2D eigenvalue weighted by Crippen LogP contribution is -2.40. The van der Waals surface area contributed by atoms with Gasteiger partial charge in [0.25, 0.3) is 0 Å². The molecule has 1 heterocycles. The number of hydrogen-bond acceptors (Lipinski definition) is 5. The second kappa shape index (κ2) is 9.62. The summed E-state index contributed by atoms with van der Waals surface area (Å²) in [4.78, 5) is 31.1. The molecule has 0 aliphatic rings. The minimum atomic E-state index is -0.235. The Labute approximate surface area is 174 Å². The van der Waals surface area contributed by atoms with Gasteiger partial charge in [-0.2, -0.15) is 0 Å². The minimum Gasteiger partial charge on any atom is -0.346 e. The molecule has 0 aliphatic heterocycles. The lowest BCUT2D eigenvalue weighted by atomic mass is 10.1. The van der Waals surface area contributed by atoms with Crippen LogP contribution in [0.3, 0.4) is 0 Å². The topological polar surface area (TPSA) is 74.3 Å². The Morgan fingerprint density at radius 1 is 1.10 bits per heavy atom. The molecule has 0 radical (unpaired) electrons. The number of aromatic nitrogens is 1. The number of benzene rings is 2. The van der Waals surface area contributed by atoms with Gasteiger partial charge in [0.1, 0.15) is 5.01 Å². The van der Waals surface area contributed by atoms with E-state index in [9.17, 15) is 9.59 Å². The maximum atomic E-state index is 12.3. The molecule has 7 heteroatoms. The molecule has 2 N–H and O–H groups in total. The average molecular weight is 411 g/mol. The van der Waals surface area contributed by atoms with E-state index < -0.39 is 0 Å². The van der Waals surface area contributed by atoms with Gasteiger partial charge in [-0.25, -0.2) is 4.98 Å². The van der Waals surface area contributed by atoms with Crippen LogP contribution in [0.1, 0.15) is 30.5 Å². The average Bonchev–Trinajstić information content (AvgIpc) is 3.16. The van der Waals surface area contributed by atoms with Crippen molar-refractivity contribution in [3.8, 4) is 0 Å². The van der Waals surface area contributed by atoms with Crippen LogP contribution in [0.4, 0.5) is 5.69 Å². The Balaban J connectivity index is 1.50. The van der Waals surface area contributed by atoms with E-state index in [4.69, 9.17) is 0 Å². The molecule has 0 aliphatic carbocycles. The second-order valence-corrected chi connectivity index (χ2v) is 8.01. The second-order valence-electron chi connectivity index (χ2n) is 6.95. The molecule has 6 nitrogen and oxygen atoms in total. The molecule has 2 aromatic carbocycles. The summed E-state index contributed by atoms with van der Waals surface area (Å²) in [6.07, 6.45) is 0.831. The van der Waals surface area contributed by atoms with Crippen molar-refractivity contribution in [2.45, 2.75) is 26.3 Å². The summed E-state index contributed by atoms with van der Waals surface area (Å²) < 4.78 is 1.14. The van der Waals surface area contributed by atoms with Gasteiger partial charge in [-0.1, -0.05) is 37.3 Å². The van der Waals surface area contributed by atoms with Crippen LogP contribution < -0.4 is 10.6 Å². The largest absolute Gasteiger partial charge is 0.346 e. The van der Waals surface area contributed by atoms with E-state index in [0.29, 0.717) is 0 Å². The zero-order chi connectivity index (χ0) is 20.8. The zero-order valence-electron chi connectivity index (χ0n) is 16.9. The molecular formula is C22H26N4O2S. The fraction of sp³-hybridized carbons (Fsp3) is 0.318. The van der Waals surface area contributed by atoms with Gasteiger partial charge in [-0.05, 0) is 44.2 Å². The first-order chi connectivity index (χ1) is 14.0. The number of amides is 2. The van der Waals surface area contributed by atoms with Crippen LogP contribution in [0, 0.1) is 0 Å². The molecule has 3 rings (SSSR count). The van der Waals surface area contributed by atoms with E-state index >= 15 is 0 Å². The van der Waals surface area contributed by atoms with Crippen molar-refractivity contribution in [3.05, 3.63) is 59.1 Å². The third-order valence-corrected chi connectivity index (χ3v) is 6.05. The molecule has 0 saturated heterocycles. The first-order valence-corrected chi connectivity index (χ1v) is 10.5. The van der Waals surface area contributed by atoms with Gasteiger partial charge in [-0.15, -0.1) is 11.3 Å². The highest BCUT2D eigenvalue weighted by Gasteiger charge is 2.19. The first-order valence-electron chi connectivity index (χ1n) is 9.68. The summed E-state index contributed by atoms with van der Waals surface area (Å²) in [6, 6.07) is 15.7. The molecule has 2 amide bonds.